The van der Waals surface area contributed by atoms with E-state index >= 15 is 0 Å². The van der Waals surface area contributed by atoms with Gasteiger partial charge in [-0.15, -0.1) is 0 Å². The SMILES string of the molecule is COc1ccc(/C=C/c2cnccc2C(=O)NCC(=O)N2CC(F)(F)C[C@H]2C#N)cc1. The second-order valence-electron chi connectivity index (χ2n) is 6.98. The second kappa shape index (κ2) is 9.34. The Bertz CT molecular complexity index is 1030. The number of nitrogens with one attached hydrogen (secondary N) is 1. The normalized spacial score (nSPS) is 17.4. The van der Waals surface area contributed by atoms with Crippen LogP contribution in [0, 0.1) is 11.3 Å². The topological polar surface area (TPSA) is 95.3 Å². The predicted octanol–water partition coefficient (Wildman–Crippen LogP) is 2.75. The molecule has 3 rings (SSSR count). The number of carbonyl (C=O) groups is 2. The summed E-state index contributed by atoms with van der Waals surface area (Å²) in [4.78, 5) is 29.7. The number of alkyl halides is 2. The molecule has 1 aliphatic rings. The number of halogens is 2. The first-order valence-electron chi connectivity index (χ1n) is 9.44. The van der Waals surface area contributed by atoms with E-state index in [1.165, 1.54) is 18.5 Å². The van der Waals surface area contributed by atoms with Crippen LogP contribution in [0.2, 0.25) is 0 Å². The molecule has 2 amide bonds. The minimum atomic E-state index is -3.11. The Kier molecular flexibility index (Phi) is 6.60. The van der Waals surface area contributed by atoms with Gasteiger partial charge in [-0.25, -0.2) is 8.78 Å². The maximum Gasteiger partial charge on any atom is 0.268 e. The maximum absolute atomic E-state index is 13.5. The molecule has 0 unspecified atom stereocenters. The Hall–Kier alpha value is -3.80. The highest BCUT2D eigenvalue weighted by Crippen LogP contribution is 2.31. The average Bonchev–Trinajstić information content (AvgIpc) is 3.11. The van der Waals surface area contributed by atoms with Crippen molar-refractivity contribution in [1.82, 2.24) is 15.2 Å². The molecule has 7 nitrogen and oxygen atoms in total. The number of aromatic nitrogens is 1. The van der Waals surface area contributed by atoms with Gasteiger partial charge in [-0.05, 0) is 23.8 Å². The molecular formula is C22H20F2N4O3. The summed E-state index contributed by atoms with van der Waals surface area (Å²) in [5.41, 5.74) is 1.67. The standard InChI is InChI=1S/C22H20F2N4O3/c1-31-18-6-3-15(4-7-18)2-5-16-12-26-9-8-19(16)21(30)27-13-20(29)28-14-22(23,24)10-17(28)11-25/h2-9,12,17H,10,13-14H2,1H3,(H,27,30)/b5-2+/t17-/m0/s1. The number of methoxy groups -OCH3 is 1. The third-order valence-electron chi connectivity index (χ3n) is 4.81. The number of carbonyl (C=O) groups excluding carboxylic acids is 2. The molecule has 1 aliphatic heterocycles. The van der Waals surface area contributed by atoms with E-state index in [2.05, 4.69) is 10.3 Å². The molecule has 1 N–H and O–H groups in total. The van der Waals surface area contributed by atoms with E-state index in [0.29, 0.717) is 5.56 Å². The van der Waals surface area contributed by atoms with Gasteiger partial charge in [-0.2, -0.15) is 5.26 Å². The first-order valence-corrected chi connectivity index (χ1v) is 9.44. The van der Waals surface area contributed by atoms with Gasteiger partial charge in [-0.3, -0.25) is 14.6 Å². The van der Waals surface area contributed by atoms with Gasteiger partial charge in [0.05, 0.1) is 26.3 Å². The number of amides is 2. The summed E-state index contributed by atoms with van der Waals surface area (Å²) in [6.07, 6.45) is 5.74. The molecule has 1 saturated heterocycles. The minimum absolute atomic E-state index is 0.274. The first-order chi connectivity index (χ1) is 14.8. The molecule has 2 aromatic rings. The number of benzene rings is 1. The van der Waals surface area contributed by atoms with Crippen molar-refractivity contribution in [3.8, 4) is 11.8 Å². The Morgan fingerprint density at radius 3 is 2.74 bits per heavy atom. The Morgan fingerprint density at radius 2 is 2.06 bits per heavy atom. The van der Waals surface area contributed by atoms with E-state index in [1.54, 1.807) is 37.5 Å². The highest BCUT2D eigenvalue weighted by Gasteiger charge is 2.47. The number of likely N-dealkylation sites (tertiary alicyclic amines) is 1. The van der Waals surface area contributed by atoms with E-state index in [0.717, 1.165) is 16.2 Å². The van der Waals surface area contributed by atoms with E-state index in [9.17, 15) is 18.4 Å². The van der Waals surface area contributed by atoms with Crippen LogP contribution in [0.15, 0.2) is 42.7 Å². The van der Waals surface area contributed by atoms with Crippen molar-refractivity contribution in [2.75, 3.05) is 20.2 Å². The molecule has 0 aliphatic carbocycles. The summed E-state index contributed by atoms with van der Waals surface area (Å²) in [6, 6.07) is 9.30. The summed E-state index contributed by atoms with van der Waals surface area (Å²) in [6.45, 7) is -1.32. The smallest absolute Gasteiger partial charge is 0.268 e. The van der Waals surface area contributed by atoms with Crippen LogP contribution in [0.4, 0.5) is 8.78 Å². The molecule has 0 radical (unpaired) electrons. The highest BCUT2D eigenvalue weighted by molar-refractivity contribution is 6.00. The van der Waals surface area contributed by atoms with Gasteiger partial charge in [0.2, 0.25) is 5.91 Å². The van der Waals surface area contributed by atoms with Crippen molar-refractivity contribution in [3.63, 3.8) is 0 Å². The lowest BCUT2D eigenvalue weighted by Gasteiger charge is -2.19. The summed E-state index contributed by atoms with van der Waals surface area (Å²) >= 11 is 0. The molecule has 1 aromatic carbocycles. The largest absolute Gasteiger partial charge is 0.497 e. The van der Waals surface area contributed by atoms with Crippen molar-refractivity contribution in [3.05, 3.63) is 59.4 Å². The zero-order valence-corrected chi connectivity index (χ0v) is 16.7. The van der Waals surface area contributed by atoms with Crippen molar-refractivity contribution >= 4 is 24.0 Å². The summed E-state index contributed by atoms with van der Waals surface area (Å²) < 4.78 is 32.2. The van der Waals surface area contributed by atoms with E-state index in [1.807, 2.05) is 12.1 Å². The van der Waals surface area contributed by atoms with Crippen LogP contribution in [0.25, 0.3) is 12.2 Å². The molecule has 0 spiro atoms. The molecular weight excluding hydrogens is 406 g/mol. The lowest BCUT2D eigenvalue weighted by molar-refractivity contribution is -0.131. The molecule has 0 bridgehead atoms. The molecule has 0 saturated carbocycles. The van der Waals surface area contributed by atoms with Crippen LogP contribution >= 0.6 is 0 Å². The number of ether oxygens (including phenoxy) is 1. The summed E-state index contributed by atoms with van der Waals surface area (Å²) in [7, 11) is 1.58. The van der Waals surface area contributed by atoms with Crippen LogP contribution in [0.5, 0.6) is 5.75 Å². The Morgan fingerprint density at radius 1 is 1.32 bits per heavy atom. The van der Waals surface area contributed by atoms with E-state index in [-0.39, 0.29) is 5.56 Å². The summed E-state index contributed by atoms with van der Waals surface area (Å²) in [5.74, 6) is -3.67. The van der Waals surface area contributed by atoms with Crippen molar-refractivity contribution in [2.24, 2.45) is 0 Å². The van der Waals surface area contributed by atoms with Crippen molar-refractivity contribution < 1.29 is 23.1 Å². The number of hydrogen-bond acceptors (Lipinski definition) is 5. The zero-order chi connectivity index (χ0) is 22.4. The molecule has 2 heterocycles. The van der Waals surface area contributed by atoms with Crippen molar-refractivity contribution in [2.45, 2.75) is 18.4 Å². The first kappa shape index (κ1) is 21.9. The maximum atomic E-state index is 13.5. The van der Waals surface area contributed by atoms with Crippen LogP contribution in [0.1, 0.15) is 27.9 Å². The molecule has 9 heteroatoms. The van der Waals surface area contributed by atoms with Gasteiger partial charge in [0.15, 0.2) is 0 Å². The fourth-order valence-electron chi connectivity index (χ4n) is 3.19. The number of rotatable bonds is 6. The number of nitrogens with zero attached hydrogens (tertiary/aromatic N) is 3. The summed E-state index contributed by atoms with van der Waals surface area (Å²) in [5, 5.41) is 11.4. The molecule has 1 fully saturated rings. The van der Waals surface area contributed by atoms with Crippen LogP contribution in [-0.2, 0) is 4.79 Å². The number of pyridine rings is 1. The van der Waals surface area contributed by atoms with Crippen molar-refractivity contribution in [1.29, 1.82) is 5.26 Å². The van der Waals surface area contributed by atoms with Gasteiger partial charge in [0.25, 0.3) is 11.8 Å². The average molecular weight is 426 g/mol. The van der Waals surface area contributed by atoms with Crippen LogP contribution in [-0.4, -0.2) is 53.9 Å². The molecule has 31 heavy (non-hydrogen) atoms. The molecule has 1 aromatic heterocycles. The van der Waals surface area contributed by atoms with Gasteiger partial charge in [0, 0.05) is 29.9 Å². The lowest BCUT2D eigenvalue weighted by atomic mass is 10.1. The van der Waals surface area contributed by atoms with Gasteiger partial charge in [0.1, 0.15) is 11.8 Å². The predicted molar refractivity (Wildman–Crippen MR) is 109 cm³/mol. The zero-order valence-electron chi connectivity index (χ0n) is 16.7. The van der Waals surface area contributed by atoms with Gasteiger partial charge >= 0.3 is 0 Å². The fourth-order valence-corrected chi connectivity index (χ4v) is 3.19. The van der Waals surface area contributed by atoms with Crippen LogP contribution < -0.4 is 10.1 Å². The van der Waals surface area contributed by atoms with Crippen LogP contribution in [0.3, 0.4) is 0 Å². The van der Waals surface area contributed by atoms with Gasteiger partial charge < -0.3 is 15.0 Å². The molecule has 160 valence electrons. The number of nitriles is 1. The Balaban J connectivity index is 1.66. The second-order valence-corrected chi connectivity index (χ2v) is 6.98. The Labute approximate surface area is 177 Å². The van der Waals surface area contributed by atoms with E-state index < -0.39 is 43.3 Å². The molecule has 1 atom stereocenters. The quantitative estimate of drug-likeness (QED) is 0.767. The van der Waals surface area contributed by atoms with E-state index in [4.69, 9.17) is 10.00 Å². The monoisotopic (exact) mass is 426 g/mol. The third kappa shape index (κ3) is 5.42. The highest BCUT2D eigenvalue weighted by atomic mass is 19.3. The van der Waals surface area contributed by atoms with Gasteiger partial charge in [-0.1, -0.05) is 24.3 Å². The minimum Gasteiger partial charge on any atom is -0.497 e. The fraction of sp³-hybridized carbons (Fsp3) is 0.273. The lowest BCUT2D eigenvalue weighted by Crippen LogP contribution is -2.43. The number of hydrogen-bond donors (Lipinski definition) is 1. The third-order valence-corrected chi connectivity index (χ3v) is 4.81.